The minimum absolute atomic E-state index is 0.831. The highest BCUT2D eigenvalue weighted by Gasteiger charge is 2.23. The molecule has 1 fully saturated rings. The van der Waals surface area contributed by atoms with Crippen molar-refractivity contribution < 1.29 is 0 Å². The monoisotopic (exact) mass is 252 g/mol. The van der Waals surface area contributed by atoms with Gasteiger partial charge in [-0.25, -0.2) is 0 Å². The van der Waals surface area contributed by atoms with E-state index in [-0.39, 0.29) is 0 Å². The molecule has 0 aliphatic heterocycles. The topological polar surface area (TPSA) is 24.9 Å². The average molecular weight is 252 g/mol. The molecule has 0 spiro atoms. The summed E-state index contributed by atoms with van der Waals surface area (Å²) < 4.78 is 0. The number of pyridine rings is 1. The third-order valence-electron chi connectivity index (χ3n) is 3.74. The fourth-order valence-corrected chi connectivity index (χ4v) is 2.40. The summed E-state index contributed by atoms with van der Waals surface area (Å²) in [4.78, 5) is 4.40. The highest BCUT2D eigenvalue weighted by atomic mass is 14.9. The van der Waals surface area contributed by atoms with E-state index in [0.717, 1.165) is 24.7 Å². The van der Waals surface area contributed by atoms with Crippen LogP contribution in [0.3, 0.4) is 0 Å². The molecule has 3 rings (SSSR count). The number of hydrogen-bond acceptors (Lipinski definition) is 2. The summed E-state index contributed by atoms with van der Waals surface area (Å²) in [6, 6.07) is 13.1. The molecule has 1 aliphatic carbocycles. The first-order chi connectivity index (χ1) is 9.33. The number of nitrogens with zero attached hydrogens (tertiary/aromatic N) is 1. The summed E-state index contributed by atoms with van der Waals surface area (Å²) >= 11 is 0. The molecule has 19 heavy (non-hydrogen) atoms. The molecule has 2 aromatic rings. The van der Waals surface area contributed by atoms with Crippen LogP contribution in [0.25, 0.3) is 0 Å². The van der Waals surface area contributed by atoms with Gasteiger partial charge in [0, 0.05) is 19.3 Å². The third-order valence-corrected chi connectivity index (χ3v) is 3.74. The molecule has 0 atom stereocenters. The Kier molecular flexibility index (Phi) is 3.60. The molecule has 0 unspecified atom stereocenters. The van der Waals surface area contributed by atoms with Gasteiger partial charge >= 0.3 is 0 Å². The van der Waals surface area contributed by atoms with Gasteiger partial charge in [0.25, 0.3) is 0 Å². The Hall–Kier alpha value is -1.67. The van der Waals surface area contributed by atoms with E-state index in [1.807, 2.05) is 12.3 Å². The van der Waals surface area contributed by atoms with Gasteiger partial charge in [-0.1, -0.05) is 30.3 Å². The summed E-state index contributed by atoms with van der Waals surface area (Å²) in [6.07, 6.45) is 4.59. The lowest BCUT2D eigenvalue weighted by molar-refractivity contribution is 0.675. The summed E-state index contributed by atoms with van der Waals surface area (Å²) in [6.45, 7) is 3.86. The minimum Gasteiger partial charge on any atom is -0.307 e. The second-order valence-electron chi connectivity index (χ2n) is 5.39. The van der Waals surface area contributed by atoms with Crippen molar-refractivity contribution in [2.45, 2.75) is 38.8 Å². The maximum Gasteiger partial charge on any atom is 0.0570 e. The van der Waals surface area contributed by atoms with Crippen molar-refractivity contribution >= 4 is 0 Å². The Morgan fingerprint density at radius 2 is 2.05 bits per heavy atom. The highest BCUT2D eigenvalue weighted by molar-refractivity contribution is 5.29. The molecule has 1 aliphatic rings. The lowest BCUT2D eigenvalue weighted by atomic mass is 10.1. The molecule has 0 amide bonds. The van der Waals surface area contributed by atoms with Gasteiger partial charge in [0.1, 0.15) is 0 Å². The van der Waals surface area contributed by atoms with Gasteiger partial charge in [-0.2, -0.15) is 0 Å². The predicted molar refractivity (Wildman–Crippen MR) is 77.9 cm³/mol. The van der Waals surface area contributed by atoms with E-state index in [2.05, 4.69) is 47.6 Å². The molecular formula is C17H20N2. The zero-order chi connectivity index (χ0) is 13.1. The first-order valence-corrected chi connectivity index (χ1v) is 7.03. The van der Waals surface area contributed by atoms with Crippen LogP contribution in [0.15, 0.2) is 42.6 Å². The predicted octanol–water partition coefficient (Wildman–Crippen LogP) is 3.56. The lowest BCUT2D eigenvalue weighted by Gasteiger charge is -2.08. The highest BCUT2D eigenvalue weighted by Crippen LogP contribution is 2.40. The molecule has 1 aromatic heterocycles. The van der Waals surface area contributed by atoms with Crippen LogP contribution in [0.1, 0.15) is 41.1 Å². The summed E-state index contributed by atoms with van der Waals surface area (Å²) in [7, 11) is 0. The van der Waals surface area contributed by atoms with Crippen LogP contribution >= 0.6 is 0 Å². The van der Waals surface area contributed by atoms with Crippen LogP contribution in [0.2, 0.25) is 0 Å². The van der Waals surface area contributed by atoms with Crippen LogP contribution in [-0.2, 0) is 13.1 Å². The fourth-order valence-electron chi connectivity index (χ4n) is 2.40. The molecule has 1 aromatic carbocycles. The Bertz CT molecular complexity index is 559. The SMILES string of the molecule is Cc1cccnc1CNCc1cccc(C2CC2)c1. The van der Waals surface area contributed by atoms with Gasteiger partial charge < -0.3 is 5.32 Å². The minimum atomic E-state index is 0.831. The van der Waals surface area contributed by atoms with Crippen molar-refractivity contribution in [2.75, 3.05) is 0 Å². The zero-order valence-electron chi connectivity index (χ0n) is 11.4. The maximum atomic E-state index is 4.40. The van der Waals surface area contributed by atoms with Gasteiger partial charge in [0.05, 0.1) is 5.69 Å². The largest absolute Gasteiger partial charge is 0.307 e. The molecule has 0 saturated heterocycles. The van der Waals surface area contributed by atoms with E-state index in [1.54, 1.807) is 0 Å². The number of benzene rings is 1. The van der Waals surface area contributed by atoms with Gasteiger partial charge in [-0.15, -0.1) is 0 Å². The Morgan fingerprint density at radius 1 is 1.16 bits per heavy atom. The van der Waals surface area contributed by atoms with Crippen LogP contribution in [0, 0.1) is 6.92 Å². The Labute approximate surface area is 114 Å². The number of nitrogens with one attached hydrogen (secondary N) is 1. The average Bonchev–Trinajstić information content (AvgIpc) is 3.26. The van der Waals surface area contributed by atoms with Crippen LogP contribution in [0.5, 0.6) is 0 Å². The van der Waals surface area contributed by atoms with Gasteiger partial charge in [-0.05, 0) is 48.4 Å². The summed E-state index contributed by atoms with van der Waals surface area (Å²) in [5.74, 6) is 0.831. The number of rotatable bonds is 5. The molecule has 0 radical (unpaired) electrons. The summed E-state index contributed by atoms with van der Waals surface area (Å²) in [5, 5.41) is 3.48. The van der Waals surface area contributed by atoms with Gasteiger partial charge in [0.2, 0.25) is 0 Å². The number of aryl methyl sites for hydroxylation is 1. The summed E-state index contributed by atoms with van der Waals surface area (Å²) in [5.41, 5.74) is 5.27. The van der Waals surface area contributed by atoms with E-state index in [0.29, 0.717) is 0 Å². The smallest absolute Gasteiger partial charge is 0.0570 e. The van der Waals surface area contributed by atoms with Gasteiger partial charge in [-0.3, -0.25) is 4.98 Å². The van der Waals surface area contributed by atoms with E-state index in [9.17, 15) is 0 Å². The third kappa shape index (κ3) is 3.21. The first kappa shape index (κ1) is 12.4. The Morgan fingerprint density at radius 3 is 2.84 bits per heavy atom. The van der Waals surface area contributed by atoms with Crippen molar-refractivity contribution in [1.29, 1.82) is 0 Å². The molecule has 1 heterocycles. The van der Waals surface area contributed by atoms with Crippen molar-refractivity contribution in [1.82, 2.24) is 10.3 Å². The Balaban J connectivity index is 1.57. The molecule has 1 saturated carbocycles. The van der Waals surface area contributed by atoms with E-state index in [4.69, 9.17) is 0 Å². The number of hydrogen-bond donors (Lipinski definition) is 1. The molecule has 2 nitrogen and oxygen atoms in total. The van der Waals surface area contributed by atoms with Crippen LogP contribution in [0.4, 0.5) is 0 Å². The fraction of sp³-hybridized carbons (Fsp3) is 0.353. The normalized spacial score (nSPS) is 14.6. The van der Waals surface area contributed by atoms with Crippen LogP contribution in [-0.4, -0.2) is 4.98 Å². The van der Waals surface area contributed by atoms with E-state index >= 15 is 0 Å². The van der Waals surface area contributed by atoms with E-state index in [1.165, 1.54) is 29.5 Å². The van der Waals surface area contributed by atoms with Crippen molar-refractivity contribution in [2.24, 2.45) is 0 Å². The quantitative estimate of drug-likeness (QED) is 0.880. The van der Waals surface area contributed by atoms with Crippen LogP contribution < -0.4 is 5.32 Å². The molecule has 1 N–H and O–H groups in total. The van der Waals surface area contributed by atoms with Crippen molar-refractivity contribution in [3.05, 3.63) is 65.0 Å². The zero-order valence-corrected chi connectivity index (χ0v) is 11.4. The van der Waals surface area contributed by atoms with Crippen molar-refractivity contribution in [3.63, 3.8) is 0 Å². The second-order valence-corrected chi connectivity index (χ2v) is 5.39. The molecule has 98 valence electrons. The molecular weight excluding hydrogens is 232 g/mol. The van der Waals surface area contributed by atoms with Gasteiger partial charge in [0.15, 0.2) is 0 Å². The standard InChI is InChI=1S/C17H20N2/c1-13-4-3-9-19-17(13)12-18-11-14-5-2-6-16(10-14)15-7-8-15/h2-6,9-10,15,18H,7-8,11-12H2,1H3. The number of aromatic nitrogens is 1. The van der Waals surface area contributed by atoms with E-state index < -0.39 is 0 Å². The first-order valence-electron chi connectivity index (χ1n) is 7.03. The second kappa shape index (κ2) is 5.54. The van der Waals surface area contributed by atoms with Crippen molar-refractivity contribution in [3.8, 4) is 0 Å². The molecule has 2 heteroatoms. The lowest BCUT2D eigenvalue weighted by Crippen LogP contribution is -2.14. The maximum absolute atomic E-state index is 4.40. The molecule has 0 bridgehead atoms.